The lowest BCUT2D eigenvalue weighted by atomic mass is 10.2. The van der Waals surface area contributed by atoms with E-state index in [2.05, 4.69) is 20.5 Å². The molecule has 4 aromatic rings. The number of benzene rings is 2. The van der Waals surface area contributed by atoms with Crippen molar-refractivity contribution >= 4 is 5.91 Å². The number of aromatic amines is 1. The van der Waals surface area contributed by atoms with Gasteiger partial charge in [0.2, 0.25) is 0 Å². The lowest BCUT2D eigenvalue weighted by Crippen LogP contribution is -2.32. The van der Waals surface area contributed by atoms with Gasteiger partial charge in [0.1, 0.15) is 17.1 Å². The zero-order valence-electron chi connectivity index (χ0n) is 16.9. The molecule has 156 valence electrons. The van der Waals surface area contributed by atoms with Crippen molar-refractivity contribution in [1.29, 1.82) is 0 Å². The van der Waals surface area contributed by atoms with Crippen LogP contribution in [0.15, 0.2) is 77.7 Å². The number of ether oxygens (including phenoxy) is 1. The Hall–Kier alpha value is -4.20. The average molecular weight is 415 g/mol. The Labute approximate surface area is 178 Å². The van der Waals surface area contributed by atoms with Gasteiger partial charge in [-0.15, -0.1) is 0 Å². The van der Waals surface area contributed by atoms with Gasteiger partial charge in [0.05, 0.1) is 20.2 Å². The van der Waals surface area contributed by atoms with Gasteiger partial charge in [-0.25, -0.2) is 4.98 Å². The van der Waals surface area contributed by atoms with Crippen molar-refractivity contribution in [3.05, 3.63) is 100 Å². The maximum absolute atomic E-state index is 12.7. The second kappa shape index (κ2) is 9.08. The molecule has 0 aliphatic heterocycles. The summed E-state index contributed by atoms with van der Waals surface area (Å²) in [5, 5.41) is 9.71. The van der Waals surface area contributed by atoms with Crippen molar-refractivity contribution < 1.29 is 9.53 Å². The predicted molar refractivity (Wildman–Crippen MR) is 116 cm³/mol. The van der Waals surface area contributed by atoms with Crippen molar-refractivity contribution in [3.8, 4) is 17.1 Å². The third kappa shape index (κ3) is 4.69. The Morgan fingerprint density at radius 2 is 1.84 bits per heavy atom. The van der Waals surface area contributed by atoms with Gasteiger partial charge in [-0.05, 0) is 42.0 Å². The summed E-state index contributed by atoms with van der Waals surface area (Å²) in [6.45, 7) is 0.517. The number of carbonyl (C=O) groups is 1. The first-order valence-corrected chi connectivity index (χ1v) is 9.71. The number of nitrogens with zero attached hydrogens (tertiary/aromatic N) is 3. The fourth-order valence-corrected chi connectivity index (χ4v) is 3.12. The number of hydrogen-bond acceptors (Lipinski definition) is 5. The Kier molecular flexibility index (Phi) is 5.89. The molecule has 0 aliphatic rings. The monoisotopic (exact) mass is 415 g/mol. The molecule has 8 nitrogen and oxygen atoms in total. The summed E-state index contributed by atoms with van der Waals surface area (Å²) < 4.78 is 6.66. The minimum absolute atomic E-state index is 0.0772. The Morgan fingerprint density at radius 1 is 1.06 bits per heavy atom. The summed E-state index contributed by atoms with van der Waals surface area (Å²) in [7, 11) is 1.60. The number of nitrogens with one attached hydrogen (secondary N) is 2. The van der Waals surface area contributed by atoms with E-state index in [1.54, 1.807) is 19.4 Å². The second-order valence-corrected chi connectivity index (χ2v) is 6.86. The molecule has 2 aromatic carbocycles. The minimum Gasteiger partial charge on any atom is -0.497 e. The van der Waals surface area contributed by atoms with Gasteiger partial charge in [-0.3, -0.25) is 14.7 Å². The second-order valence-electron chi connectivity index (χ2n) is 6.86. The summed E-state index contributed by atoms with van der Waals surface area (Å²) in [6.07, 6.45) is 1.67. The molecule has 0 atom stereocenters. The van der Waals surface area contributed by atoms with Gasteiger partial charge < -0.3 is 14.6 Å². The van der Waals surface area contributed by atoms with E-state index in [9.17, 15) is 9.59 Å². The quantitative estimate of drug-likeness (QED) is 0.483. The first kappa shape index (κ1) is 20.1. The highest BCUT2D eigenvalue weighted by atomic mass is 16.5. The van der Waals surface area contributed by atoms with Crippen molar-refractivity contribution in [3.63, 3.8) is 0 Å². The standard InChI is InChI=1S/C23H21N5O3/c1-31-18-11-9-17(10-12-18)21-25-20(26-27-21)14-24-22(29)19-8-5-13-28(23(19)30)15-16-6-3-2-4-7-16/h2-13H,14-15H2,1H3,(H,24,29)(H,25,26,27). The van der Waals surface area contributed by atoms with Crippen molar-refractivity contribution in [2.75, 3.05) is 7.11 Å². The summed E-state index contributed by atoms with van der Waals surface area (Å²) in [5.41, 5.74) is 1.53. The van der Waals surface area contributed by atoms with Crippen LogP contribution in [0.25, 0.3) is 11.4 Å². The number of aromatic nitrogens is 4. The fraction of sp³-hybridized carbons (Fsp3) is 0.130. The van der Waals surface area contributed by atoms with Gasteiger partial charge in [0.25, 0.3) is 11.5 Å². The molecule has 8 heteroatoms. The van der Waals surface area contributed by atoms with E-state index >= 15 is 0 Å². The molecule has 2 aromatic heterocycles. The Balaban J connectivity index is 1.43. The molecule has 0 bridgehead atoms. The number of pyridine rings is 1. The molecule has 0 saturated heterocycles. The van der Waals surface area contributed by atoms with Crippen molar-refractivity contribution in [1.82, 2.24) is 25.1 Å². The minimum atomic E-state index is -0.463. The van der Waals surface area contributed by atoms with Crippen LogP contribution in [0.5, 0.6) is 5.75 Å². The Morgan fingerprint density at radius 3 is 2.58 bits per heavy atom. The molecule has 0 aliphatic carbocycles. The van der Waals surface area contributed by atoms with Gasteiger partial charge in [-0.1, -0.05) is 30.3 Å². The van der Waals surface area contributed by atoms with Crippen LogP contribution in [0.3, 0.4) is 0 Å². The van der Waals surface area contributed by atoms with E-state index in [4.69, 9.17) is 4.74 Å². The topological polar surface area (TPSA) is 102 Å². The molecule has 0 spiro atoms. The summed E-state index contributed by atoms with van der Waals surface area (Å²) in [6, 6.07) is 20.2. The van der Waals surface area contributed by atoms with E-state index in [0.717, 1.165) is 16.9 Å². The first-order chi connectivity index (χ1) is 15.1. The normalized spacial score (nSPS) is 10.6. The summed E-state index contributed by atoms with van der Waals surface area (Å²) in [4.78, 5) is 29.7. The maximum atomic E-state index is 12.7. The van der Waals surface area contributed by atoms with Gasteiger partial charge in [0, 0.05) is 11.8 Å². The molecule has 0 saturated carbocycles. The highest BCUT2D eigenvalue weighted by Crippen LogP contribution is 2.18. The largest absolute Gasteiger partial charge is 0.497 e. The Bertz CT molecular complexity index is 1230. The van der Waals surface area contributed by atoms with Crippen LogP contribution in [0.1, 0.15) is 21.7 Å². The fourth-order valence-electron chi connectivity index (χ4n) is 3.12. The zero-order valence-corrected chi connectivity index (χ0v) is 16.9. The lowest BCUT2D eigenvalue weighted by Gasteiger charge is -2.08. The highest BCUT2D eigenvalue weighted by Gasteiger charge is 2.13. The van der Waals surface area contributed by atoms with Gasteiger partial charge >= 0.3 is 0 Å². The van der Waals surface area contributed by atoms with Crippen molar-refractivity contribution in [2.24, 2.45) is 0 Å². The van der Waals surface area contributed by atoms with Gasteiger partial charge in [-0.2, -0.15) is 5.10 Å². The van der Waals surface area contributed by atoms with E-state index in [1.807, 2.05) is 54.6 Å². The van der Waals surface area contributed by atoms with E-state index in [-0.39, 0.29) is 17.7 Å². The van der Waals surface area contributed by atoms with Crippen LogP contribution in [0.4, 0.5) is 0 Å². The van der Waals surface area contributed by atoms with Crippen LogP contribution in [0.2, 0.25) is 0 Å². The lowest BCUT2D eigenvalue weighted by molar-refractivity contribution is 0.0948. The van der Waals surface area contributed by atoms with E-state index in [0.29, 0.717) is 18.2 Å². The number of carbonyl (C=O) groups excluding carboxylic acids is 1. The number of amides is 1. The molecule has 31 heavy (non-hydrogen) atoms. The molecule has 0 radical (unpaired) electrons. The van der Waals surface area contributed by atoms with Crippen LogP contribution >= 0.6 is 0 Å². The van der Waals surface area contributed by atoms with E-state index in [1.165, 1.54) is 10.6 Å². The van der Waals surface area contributed by atoms with E-state index < -0.39 is 5.91 Å². The first-order valence-electron chi connectivity index (χ1n) is 9.71. The average Bonchev–Trinajstić information content (AvgIpc) is 3.29. The molecule has 0 unspecified atom stereocenters. The highest BCUT2D eigenvalue weighted by molar-refractivity contribution is 5.93. The van der Waals surface area contributed by atoms with Crippen LogP contribution in [-0.2, 0) is 13.1 Å². The number of H-pyrrole nitrogens is 1. The molecule has 4 rings (SSSR count). The number of methoxy groups -OCH3 is 1. The van der Waals surface area contributed by atoms with Gasteiger partial charge in [0.15, 0.2) is 5.82 Å². The number of hydrogen-bond donors (Lipinski definition) is 2. The van der Waals surface area contributed by atoms with Crippen LogP contribution < -0.4 is 15.6 Å². The third-order valence-corrected chi connectivity index (χ3v) is 4.76. The smallest absolute Gasteiger partial charge is 0.263 e. The molecular weight excluding hydrogens is 394 g/mol. The predicted octanol–water partition coefficient (Wildman–Crippen LogP) is 2.62. The maximum Gasteiger partial charge on any atom is 0.263 e. The number of rotatable bonds is 7. The molecule has 2 N–H and O–H groups in total. The van der Waals surface area contributed by atoms with Crippen LogP contribution in [-0.4, -0.2) is 32.8 Å². The molecule has 1 amide bonds. The third-order valence-electron chi connectivity index (χ3n) is 4.76. The summed E-state index contributed by atoms with van der Waals surface area (Å²) >= 11 is 0. The van der Waals surface area contributed by atoms with Crippen LogP contribution in [0, 0.1) is 0 Å². The zero-order chi connectivity index (χ0) is 21.6. The molecular formula is C23H21N5O3. The SMILES string of the molecule is COc1ccc(-c2n[nH]c(CNC(=O)c3cccn(Cc4ccccc4)c3=O)n2)cc1. The molecule has 0 fully saturated rings. The summed E-state index contributed by atoms with van der Waals surface area (Å²) in [5.74, 6) is 1.28. The molecule has 2 heterocycles. The van der Waals surface area contributed by atoms with Crippen molar-refractivity contribution in [2.45, 2.75) is 13.1 Å².